The first-order valence-corrected chi connectivity index (χ1v) is 22.3. The van der Waals surface area contributed by atoms with E-state index in [1.807, 2.05) is 0 Å². The monoisotopic (exact) mass is 827 g/mol. The molecule has 11 aromatic rings. The smallest absolute Gasteiger partial charge is 0.0540 e. The number of nitrogens with zero attached hydrogens (tertiary/aromatic N) is 1. The van der Waals surface area contributed by atoms with Crippen LogP contribution in [0, 0.1) is 0 Å². The van der Waals surface area contributed by atoms with E-state index in [1.165, 1.54) is 77.5 Å². The minimum Gasteiger partial charge on any atom is -0.310 e. The maximum atomic E-state index is 2.44. The molecule has 0 radical (unpaired) electrons. The first-order valence-electron chi connectivity index (χ1n) is 22.3. The summed E-state index contributed by atoms with van der Waals surface area (Å²) in [5.41, 5.74) is 19.8. The van der Waals surface area contributed by atoms with Crippen molar-refractivity contribution in [3.05, 3.63) is 273 Å². The average molecular weight is 828 g/mol. The lowest BCUT2D eigenvalue weighted by Gasteiger charge is -2.29. The molecule has 0 saturated carbocycles. The van der Waals surface area contributed by atoms with E-state index in [4.69, 9.17) is 0 Å². The Balaban J connectivity index is 1.10. The molecule has 0 aliphatic heterocycles. The van der Waals surface area contributed by atoms with Gasteiger partial charge >= 0.3 is 0 Å². The second kappa shape index (κ2) is 17.7. The standard InChI is InChI=1S/C64H45N/c1-5-19-46(20-6-1)48-35-37-49(38-36-48)50-39-41-56(42-40-50)65(63-34-16-15-32-60(63)59-33-18-28-51-27-13-14-31-58(51)59)57-30-17-29-54(43-57)64-61(52-23-9-3-10-24-52)44-55(47-21-7-2-8-22-47)45-62(64)53-25-11-4-12-26-53/h1-45H. The van der Waals surface area contributed by atoms with Crippen molar-refractivity contribution in [1.82, 2.24) is 0 Å². The van der Waals surface area contributed by atoms with Crippen LogP contribution in [0.2, 0.25) is 0 Å². The molecule has 0 fully saturated rings. The van der Waals surface area contributed by atoms with Crippen molar-refractivity contribution in [2.75, 3.05) is 4.90 Å². The zero-order valence-electron chi connectivity index (χ0n) is 35.9. The second-order valence-electron chi connectivity index (χ2n) is 16.5. The summed E-state index contributed by atoms with van der Waals surface area (Å²) < 4.78 is 0. The molecular formula is C64H45N. The third-order valence-corrected chi connectivity index (χ3v) is 12.5. The van der Waals surface area contributed by atoms with Gasteiger partial charge in [-0.1, -0.05) is 231 Å². The Morgan fingerprint density at radius 1 is 0.215 bits per heavy atom. The Hall–Kier alpha value is -8.52. The Morgan fingerprint density at radius 3 is 1.23 bits per heavy atom. The van der Waals surface area contributed by atoms with Gasteiger partial charge in [0, 0.05) is 16.9 Å². The van der Waals surface area contributed by atoms with Gasteiger partial charge in [0.05, 0.1) is 5.69 Å². The molecule has 0 aliphatic rings. The first kappa shape index (κ1) is 39.3. The summed E-state index contributed by atoms with van der Waals surface area (Å²) in [5.74, 6) is 0. The van der Waals surface area contributed by atoms with Crippen LogP contribution < -0.4 is 4.90 Å². The molecule has 11 aromatic carbocycles. The third kappa shape index (κ3) is 7.93. The molecule has 0 saturated heterocycles. The van der Waals surface area contributed by atoms with Gasteiger partial charge < -0.3 is 4.90 Å². The Morgan fingerprint density at radius 2 is 0.631 bits per heavy atom. The van der Waals surface area contributed by atoms with E-state index >= 15 is 0 Å². The summed E-state index contributed by atoms with van der Waals surface area (Å²) >= 11 is 0. The van der Waals surface area contributed by atoms with Crippen LogP contribution in [0.25, 0.3) is 88.7 Å². The highest BCUT2D eigenvalue weighted by molar-refractivity contribution is 6.03. The Bertz CT molecular complexity index is 3310. The molecular weight excluding hydrogens is 783 g/mol. The van der Waals surface area contributed by atoms with E-state index in [0.717, 1.165) is 28.2 Å². The van der Waals surface area contributed by atoms with E-state index < -0.39 is 0 Å². The normalized spacial score (nSPS) is 11.1. The van der Waals surface area contributed by atoms with Crippen molar-refractivity contribution in [2.24, 2.45) is 0 Å². The van der Waals surface area contributed by atoms with Crippen molar-refractivity contribution in [1.29, 1.82) is 0 Å². The topological polar surface area (TPSA) is 3.24 Å². The molecule has 65 heavy (non-hydrogen) atoms. The second-order valence-corrected chi connectivity index (χ2v) is 16.5. The third-order valence-electron chi connectivity index (χ3n) is 12.5. The largest absolute Gasteiger partial charge is 0.310 e. The lowest BCUT2D eigenvalue weighted by Crippen LogP contribution is -2.11. The van der Waals surface area contributed by atoms with Crippen molar-refractivity contribution in [3.8, 4) is 77.9 Å². The molecule has 306 valence electrons. The quantitative estimate of drug-likeness (QED) is 0.133. The summed E-state index contributed by atoms with van der Waals surface area (Å²) in [5, 5.41) is 2.45. The molecule has 0 spiro atoms. The SMILES string of the molecule is c1ccc(-c2ccc(-c3ccc(N(c4cccc(-c5c(-c6ccccc6)cc(-c6ccccc6)cc5-c5ccccc5)c4)c4ccccc4-c4cccc5ccccc45)cc3)cc2)cc1. The molecule has 0 atom stereocenters. The van der Waals surface area contributed by atoms with Crippen LogP contribution in [0.4, 0.5) is 17.1 Å². The van der Waals surface area contributed by atoms with Crippen LogP contribution in [0.15, 0.2) is 273 Å². The predicted octanol–water partition coefficient (Wildman–Crippen LogP) is 18.0. The van der Waals surface area contributed by atoms with Gasteiger partial charge in [-0.25, -0.2) is 0 Å². The number of hydrogen-bond donors (Lipinski definition) is 0. The minimum absolute atomic E-state index is 1.07. The van der Waals surface area contributed by atoms with Crippen LogP contribution in [0.5, 0.6) is 0 Å². The highest BCUT2D eigenvalue weighted by atomic mass is 15.1. The van der Waals surface area contributed by atoms with Crippen LogP contribution in [-0.2, 0) is 0 Å². The van der Waals surface area contributed by atoms with Crippen molar-refractivity contribution in [3.63, 3.8) is 0 Å². The maximum absolute atomic E-state index is 2.44. The molecule has 0 aromatic heterocycles. The highest BCUT2D eigenvalue weighted by Gasteiger charge is 2.22. The van der Waals surface area contributed by atoms with Gasteiger partial charge in [-0.2, -0.15) is 0 Å². The molecule has 11 rings (SSSR count). The van der Waals surface area contributed by atoms with Gasteiger partial charge in [-0.3, -0.25) is 0 Å². The highest BCUT2D eigenvalue weighted by Crippen LogP contribution is 2.47. The van der Waals surface area contributed by atoms with Gasteiger partial charge in [0.15, 0.2) is 0 Å². The Kier molecular flexibility index (Phi) is 10.7. The fraction of sp³-hybridized carbons (Fsp3) is 0. The van der Waals surface area contributed by atoms with Crippen molar-refractivity contribution in [2.45, 2.75) is 0 Å². The average Bonchev–Trinajstić information content (AvgIpc) is 3.40. The van der Waals surface area contributed by atoms with Gasteiger partial charge in [0.1, 0.15) is 0 Å². The zero-order chi connectivity index (χ0) is 43.4. The molecule has 0 aliphatic carbocycles. The molecule has 1 nitrogen and oxygen atoms in total. The van der Waals surface area contributed by atoms with Crippen molar-refractivity contribution >= 4 is 27.8 Å². The maximum Gasteiger partial charge on any atom is 0.0540 e. The molecule has 1 heteroatoms. The van der Waals surface area contributed by atoms with Gasteiger partial charge in [0.25, 0.3) is 0 Å². The number of para-hydroxylation sites is 1. The van der Waals surface area contributed by atoms with Gasteiger partial charge in [-0.05, 0) is 126 Å². The lowest BCUT2D eigenvalue weighted by molar-refractivity contribution is 1.28. The van der Waals surface area contributed by atoms with Crippen molar-refractivity contribution < 1.29 is 0 Å². The van der Waals surface area contributed by atoms with Gasteiger partial charge in [-0.15, -0.1) is 0 Å². The molecule has 0 unspecified atom stereocenters. The molecule has 0 N–H and O–H groups in total. The van der Waals surface area contributed by atoms with E-state index in [1.54, 1.807) is 0 Å². The number of rotatable bonds is 10. The number of benzene rings is 11. The number of hydrogen-bond acceptors (Lipinski definition) is 1. The van der Waals surface area contributed by atoms with E-state index in [2.05, 4.69) is 278 Å². The van der Waals surface area contributed by atoms with E-state index in [9.17, 15) is 0 Å². The van der Waals surface area contributed by atoms with Crippen LogP contribution in [-0.4, -0.2) is 0 Å². The van der Waals surface area contributed by atoms with E-state index in [0.29, 0.717) is 0 Å². The summed E-state index contributed by atoms with van der Waals surface area (Å²) in [6.45, 7) is 0. The summed E-state index contributed by atoms with van der Waals surface area (Å²) in [4.78, 5) is 2.44. The zero-order valence-corrected chi connectivity index (χ0v) is 35.9. The predicted molar refractivity (Wildman–Crippen MR) is 277 cm³/mol. The van der Waals surface area contributed by atoms with Gasteiger partial charge in [0.2, 0.25) is 0 Å². The fourth-order valence-electron chi connectivity index (χ4n) is 9.31. The number of fused-ring (bicyclic) bond motifs is 1. The summed E-state index contributed by atoms with van der Waals surface area (Å²) in [6.07, 6.45) is 0. The Labute approximate surface area is 381 Å². The fourth-order valence-corrected chi connectivity index (χ4v) is 9.31. The minimum atomic E-state index is 1.07. The van der Waals surface area contributed by atoms with Crippen LogP contribution >= 0.6 is 0 Å². The first-order chi connectivity index (χ1) is 32.2. The molecule has 0 amide bonds. The van der Waals surface area contributed by atoms with Crippen LogP contribution in [0.1, 0.15) is 0 Å². The molecule has 0 bridgehead atoms. The lowest BCUT2D eigenvalue weighted by atomic mass is 9.84. The van der Waals surface area contributed by atoms with Crippen LogP contribution in [0.3, 0.4) is 0 Å². The van der Waals surface area contributed by atoms with E-state index in [-0.39, 0.29) is 0 Å². The summed E-state index contributed by atoms with van der Waals surface area (Å²) in [7, 11) is 0. The number of anilines is 3. The summed E-state index contributed by atoms with van der Waals surface area (Å²) in [6, 6.07) is 99.0. The molecule has 0 heterocycles.